The normalized spacial score (nSPS) is 13.8. The summed E-state index contributed by atoms with van der Waals surface area (Å²) in [5.41, 5.74) is 6.28. The summed E-state index contributed by atoms with van der Waals surface area (Å²) in [7, 11) is 0. The van der Waals surface area contributed by atoms with Gasteiger partial charge in [0.1, 0.15) is 0 Å². The van der Waals surface area contributed by atoms with E-state index in [-0.39, 0.29) is 5.91 Å². The second-order valence-corrected chi connectivity index (χ2v) is 7.18. The Morgan fingerprint density at radius 1 is 0.793 bits per heavy atom. The van der Waals surface area contributed by atoms with E-state index < -0.39 is 0 Å². The van der Waals surface area contributed by atoms with Gasteiger partial charge in [0.05, 0.1) is 11.9 Å². The van der Waals surface area contributed by atoms with Crippen LogP contribution in [-0.2, 0) is 4.79 Å². The third-order valence-electron chi connectivity index (χ3n) is 5.29. The van der Waals surface area contributed by atoms with Crippen LogP contribution < -0.4 is 4.90 Å². The number of aromatic nitrogens is 3. The zero-order valence-electron chi connectivity index (χ0n) is 15.9. The fourth-order valence-electron chi connectivity index (χ4n) is 3.74. The van der Waals surface area contributed by atoms with Gasteiger partial charge >= 0.3 is 0 Å². The minimum Gasteiger partial charge on any atom is -0.322 e. The van der Waals surface area contributed by atoms with E-state index in [1.54, 1.807) is 6.20 Å². The average molecular weight is 380 g/mol. The highest BCUT2D eigenvalue weighted by Crippen LogP contribution is 2.29. The standard InChI is InChI=1S/C24H20N4O/c29-24-4-2-11-28(24)22-7-5-18(6-8-22)20-13-21(15-26-14-20)19-9-12-27(17-19)23-3-1-10-25-16-23/h1,3,5-10,12-17H,2,4,11H2. The summed E-state index contributed by atoms with van der Waals surface area (Å²) >= 11 is 0. The van der Waals surface area contributed by atoms with Crippen LogP contribution in [-0.4, -0.2) is 27.0 Å². The summed E-state index contributed by atoms with van der Waals surface area (Å²) < 4.78 is 2.05. The first-order chi connectivity index (χ1) is 14.3. The predicted molar refractivity (Wildman–Crippen MR) is 114 cm³/mol. The van der Waals surface area contributed by atoms with Crippen molar-refractivity contribution in [1.82, 2.24) is 14.5 Å². The van der Waals surface area contributed by atoms with Crippen molar-refractivity contribution in [3.05, 3.63) is 85.7 Å². The Balaban J connectivity index is 1.42. The molecule has 5 rings (SSSR count). The van der Waals surface area contributed by atoms with E-state index in [1.807, 2.05) is 54.0 Å². The molecule has 1 aliphatic heterocycles. The molecular formula is C24H20N4O. The number of benzene rings is 1. The van der Waals surface area contributed by atoms with Crippen molar-refractivity contribution in [2.24, 2.45) is 0 Å². The maximum Gasteiger partial charge on any atom is 0.227 e. The second-order valence-electron chi connectivity index (χ2n) is 7.18. The molecule has 0 unspecified atom stereocenters. The number of hydrogen-bond acceptors (Lipinski definition) is 3. The summed E-state index contributed by atoms with van der Waals surface area (Å²) in [5.74, 6) is 0.208. The van der Waals surface area contributed by atoms with Gasteiger partial charge in [0, 0.05) is 66.3 Å². The van der Waals surface area contributed by atoms with Crippen LogP contribution in [0.2, 0.25) is 0 Å². The number of carbonyl (C=O) groups excluding carboxylic acids is 1. The molecule has 0 atom stereocenters. The monoisotopic (exact) mass is 380 g/mol. The number of nitrogens with zero attached hydrogens (tertiary/aromatic N) is 4. The van der Waals surface area contributed by atoms with Crippen LogP contribution >= 0.6 is 0 Å². The van der Waals surface area contributed by atoms with Crippen molar-refractivity contribution < 1.29 is 4.79 Å². The molecular weight excluding hydrogens is 360 g/mol. The van der Waals surface area contributed by atoms with Gasteiger partial charge in [0.15, 0.2) is 0 Å². The molecule has 5 nitrogen and oxygen atoms in total. The Morgan fingerprint density at radius 2 is 1.62 bits per heavy atom. The van der Waals surface area contributed by atoms with Crippen LogP contribution in [0.1, 0.15) is 12.8 Å². The zero-order valence-corrected chi connectivity index (χ0v) is 15.9. The van der Waals surface area contributed by atoms with Gasteiger partial charge in [-0.2, -0.15) is 0 Å². The van der Waals surface area contributed by atoms with Gasteiger partial charge < -0.3 is 9.47 Å². The molecule has 1 aromatic carbocycles. The third kappa shape index (κ3) is 3.43. The molecule has 3 aromatic heterocycles. The average Bonchev–Trinajstić information content (AvgIpc) is 3.44. The summed E-state index contributed by atoms with van der Waals surface area (Å²) in [6.45, 7) is 0.809. The van der Waals surface area contributed by atoms with Gasteiger partial charge in [-0.1, -0.05) is 12.1 Å². The van der Waals surface area contributed by atoms with Crippen LogP contribution in [0.3, 0.4) is 0 Å². The molecule has 4 heterocycles. The van der Waals surface area contributed by atoms with E-state index in [2.05, 4.69) is 45.0 Å². The number of anilines is 1. The van der Waals surface area contributed by atoms with Crippen LogP contribution in [0.5, 0.6) is 0 Å². The van der Waals surface area contributed by atoms with E-state index in [9.17, 15) is 4.79 Å². The Morgan fingerprint density at radius 3 is 2.34 bits per heavy atom. The minimum atomic E-state index is 0.208. The van der Waals surface area contributed by atoms with E-state index in [1.165, 1.54) is 0 Å². The summed E-state index contributed by atoms with van der Waals surface area (Å²) in [4.78, 5) is 22.4. The van der Waals surface area contributed by atoms with Crippen molar-refractivity contribution in [2.45, 2.75) is 12.8 Å². The Bertz CT molecular complexity index is 1150. The van der Waals surface area contributed by atoms with Crippen LogP contribution in [0.25, 0.3) is 27.9 Å². The number of amides is 1. The Hall–Kier alpha value is -3.73. The van der Waals surface area contributed by atoms with Gasteiger partial charge in [-0.25, -0.2) is 0 Å². The number of hydrogen-bond donors (Lipinski definition) is 0. The summed E-state index contributed by atoms with van der Waals surface area (Å²) in [6.07, 6.45) is 13.1. The van der Waals surface area contributed by atoms with Gasteiger partial charge in [-0.05, 0) is 48.4 Å². The fourth-order valence-corrected chi connectivity index (χ4v) is 3.74. The van der Waals surface area contributed by atoms with Crippen molar-refractivity contribution in [3.63, 3.8) is 0 Å². The zero-order chi connectivity index (χ0) is 19.6. The highest BCUT2D eigenvalue weighted by atomic mass is 16.2. The molecule has 4 aromatic rings. The van der Waals surface area contributed by atoms with E-state index in [0.717, 1.165) is 46.6 Å². The molecule has 0 N–H and O–H groups in total. The molecule has 0 bridgehead atoms. The lowest BCUT2D eigenvalue weighted by atomic mass is 10.0. The van der Waals surface area contributed by atoms with Crippen molar-refractivity contribution in [3.8, 4) is 27.9 Å². The highest BCUT2D eigenvalue weighted by molar-refractivity contribution is 5.95. The molecule has 0 saturated carbocycles. The number of carbonyl (C=O) groups is 1. The first kappa shape index (κ1) is 17.4. The molecule has 1 fully saturated rings. The van der Waals surface area contributed by atoms with Crippen molar-refractivity contribution in [1.29, 1.82) is 0 Å². The van der Waals surface area contributed by atoms with Gasteiger partial charge in [-0.3, -0.25) is 14.8 Å². The Labute approximate surface area is 169 Å². The van der Waals surface area contributed by atoms with Crippen LogP contribution in [0.4, 0.5) is 5.69 Å². The summed E-state index contributed by atoms with van der Waals surface area (Å²) in [6, 6.07) is 16.3. The molecule has 142 valence electrons. The molecule has 1 amide bonds. The van der Waals surface area contributed by atoms with E-state index in [4.69, 9.17) is 0 Å². The largest absolute Gasteiger partial charge is 0.322 e. The number of pyridine rings is 2. The topological polar surface area (TPSA) is 51.0 Å². The summed E-state index contributed by atoms with van der Waals surface area (Å²) in [5, 5.41) is 0. The number of rotatable bonds is 4. The SMILES string of the molecule is O=C1CCCN1c1ccc(-c2cncc(-c3ccn(-c4cccnc4)c3)c2)cc1. The Kier molecular flexibility index (Phi) is 4.41. The first-order valence-corrected chi connectivity index (χ1v) is 9.72. The molecule has 1 saturated heterocycles. The first-order valence-electron chi connectivity index (χ1n) is 9.72. The molecule has 0 radical (unpaired) electrons. The molecule has 1 aliphatic rings. The molecule has 0 spiro atoms. The third-order valence-corrected chi connectivity index (χ3v) is 5.29. The van der Waals surface area contributed by atoms with Gasteiger partial charge in [0.2, 0.25) is 5.91 Å². The fraction of sp³-hybridized carbons (Fsp3) is 0.125. The molecule has 0 aliphatic carbocycles. The van der Waals surface area contributed by atoms with Crippen LogP contribution in [0.15, 0.2) is 85.7 Å². The maximum absolute atomic E-state index is 11.9. The van der Waals surface area contributed by atoms with Gasteiger partial charge in [0.25, 0.3) is 0 Å². The molecule has 29 heavy (non-hydrogen) atoms. The van der Waals surface area contributed by atoms with E-state index >= 15 is 0 Å². The van der Waals surface area contributed by atoms with Crippen molar-refractivity contribution in [2.75, 3.05) is 11.4 Å². The maximum atomic E-state index is 11.9. The van der Waals surface area contributed by atoms with Crippen molar-refractivity contribution >= 4 is 11.6 Å². The lowest BCUT2D eigenvalue weighted by Crippen LogP contribution is -2.23. The molecule has 5 heteroatoms. The van der Waals surface area contributed by atoms with Crippen LogP contribution in [0, 0.1) is 0 Å². The smallest absolute Gasteiger partial charge is 0.227 e. The second kappa shape index (κ2) is 7.36. The van der Waals surface area contributed by atoms with Gasteiger partial charge in [-0.15, -0.1) is 0 Å². The highest BCUT2D eigenvalue weighted by Gasteiger charge is 2.21. The lowest BCUT2D eigenvalue weighted by molar-refractivity contribution is -0.117. The minimum absolute atomic E-state index is 0.208. The quantitative estimate of drug-likeness (QED) is 0.514. The lowest BCUT2D eigenvalue weighted by Gasteiger charge is -2.16. The predicted octanol–water partition coefficient (Wildman–Crippen LogP) is 4.73. The van der Waals surface area contributed by atoms with E-state index in [0.29, 0.717) is 6.42 Å².